The highest BCUT2D eigenvalue weighted by Gasteiger charge is 2.56. The van der Waals surface area contributed by atoms with Crippen molar-refractivity contribution in [3.8, 4) is 5.75 Å². The Bertz CT molecular complexity index is 1370. The first kappa shape index (κ1) is 29.5. The molecular formula is C27H35N5O8S. The van der Waals surface area contributed by atoms with E-state index in [1.54, 1.807) is 42.7 Å². The summed E-state index contributed by atoms with van der Waals surface area (Å²) in [5.74, 6) is -0.0680. The van der Waals surface area contributed by atoms with Crippen LogP contribution >= 0.6 is 11.8 Å². The van der Waals surface area contributed by atoms with Crippen LogP contribution in [0.1, 0.15) is 44.3 Å². The predicted octanol–water partition coefficient (Wildman–Crippen LogP) is 2.16. The number of carbonyl (C=O) groups is 1. The van der Waals surface area contributed by atoms with Crippen molar-refractivity contribution in [2.45, 2.75) is 69.3 Å². The van der Waals surface area contributed by atoms with Gasteiger partial charge in [-0.25, -0.2) is 19.7 Å². The Morgan fingerprint density at radius 1 is 1.17 bits per heavy atom. The molecule has 3 aromatic rings. The number of hydrogen-bond acceptors (Lipinski definition) is 13. The van der Waals surface area contributed by atoms with Crippen molar-refractivity contribution in [2.75, 3.05) is 31.3 Å². The fourth-order valence-corrected chi connectivity index (χ4v) is 5.60. The van der Waals surface area contributed by atoms with Gasteiger partial charge in [-0.05, 0) is 44.0 Å². The number of nitrogen functional groups attached to an aromatic ring is 1. The van der Waals surface area contributed by atoms with Crippen LogP contribution in [0.2, 0.25) is 0 Å². The lowest BCUT2D eigenvalue weighted by Gasteiger charge is -2.25. The van der Waals surface area contributed by atoms with Crippen molar-refractivity contribution in [1.82, 2.24) is 19.5 Å². The Labute approximate surface area is 241 Å². The molecule has 222 valence electrons. The molecule has 0 radical (unpaired) electrons. The van der Waals surface area contributed by atoms with E-state index in [1.807, 2.05) is 13.8 Å². The van der Waals surface area contributed by atoms with Gasteiger partial charge in [-0.15, -0.1) is 0 Å². The lowest BCUT2D eigenvalue weighted by atomic mass is 10.1. The SMILES string of the molecule is CC(C)COC(=O)c1ccc(OC[C@@H](O)CSc2nc3c(N)ncnc3n2[C@@H]2O[C@H](CO)[C@H]3OC(C)(C)O[C@H]32)cc1. The molecule has 0 aliphatic carbocycles. The lowest BCUT2D eigenvalue weighted by molar-refractivity contribution is -0.200. The van der Waals surface area contributed by atoms with E-state index in [0.29, 0.717) is 34.2 Å². The number of fused-ring (bicyclic) bond motifs is 2. The lowest BCUT2D eigenvalue weighted by Crippen LogP contribution is -2.31. The number of esters is 1. The minimum Gasteiger partial charge on any atom is -0.491 e. The predicted molar refractivity (Wildman–Crippen MR) is 148 cm³/mol. The van der Waals surface area contributed by atoms with Gasteiger partial charge in [-0.3, -0.25) is 4.57 Å². The number of carbonyl (C=O) groups excluding carboxylic acids is 1. The van der Waals surface area contributed by atoms with E-state index in [-0.39, 0.29) is 30.7 Å². The molecule has 2 fully saturated rings. The summed E-state index contributed by atoms with van der Waals surface area (Å²) in [5, 5.41) is 21.1. The van der Waals surface area contributed by atoms with Gasteiger partial charge >= 0.3 is 5.97 Å². The Kier molecular flexibility index (Phi) is 8.68. The molecule has 13 nitrogen and oxygen atoms in total. The van der Waals surface area contributed by atoms with E-state index >= 15 is 0 Å². The monoisotopic (exact) mass is 589 g/mol. The van der Waals surface area contributed by atoms with Crippen LogP contribution in [0, 0.1) is 5.92 Å². The second kappa shape index (κ2) is 12.1. The Morgan fingerprint density at radius 2 is 1.90 bits per heavy atom. The maximum absolute atomic E-state index is 12.1. The van der Waals surface area contributed by atoms with Crippen LogP contribution in [-0.4, -0.2) is 91.5 Å². The number of aliphatic hydroxyl groups excluding tert-OH is 2. The minimum absolute atomic E-state index is 0.00860. The first-order valence-electron chi connectivity index (χ1n) is 13.4. The molecule has 2 aliphatic heterocycles. The van der Waals surface area contributed by atoms with E-state index in [1.165, 1.54) is 18.1 Å². The topological polar surface area (TPSA) is 173 Å². The molecule has 0 spiro atoms. The molecule has 1 aromatic carbocycles. The fraction of sp³-hybridized carbons (Fsp3) is 0.556. The van der Waals surface area contributed by atoms with E-state index in [2.05, 4.69) is 15.0 Å². The zero-order valence-electron chi connectivity index (χ0n) is 23.3. The van der Waals surface area contributed by atoms with Crippen molar-refractivity contribution in [2.24, 2.45) is 5.92 Å². The number of rotatable bonds is 11. The van der Waals surface area contributed by atoms with Gasteiger partial charge < -0.3 is 39.6 Å². The van der Waals surface area contributed by atoms with E-state index in [9.17, 15) is 15.0 Å². The molecule has 2 aromatic heterocycles. The molecule has 4 heterocycles. The fourth-order valence-electron chi connectivity index (χ4n) is 4.68. The number of imidazole rings is 1. The molecule has 41 heavy (non-hydrogen) atoms. The van der Waals surface area contributed by atoms with Gasteiger partial charge in [0.2, 0.25) is 0 Å². The van der Waals surface area contributed by atoms with E-state index in [0.717, 1.165) is 0 Å². The molecule has 14 heteroatoms. The number of nitrogens with zero attached hydrogens (tertiary/aromatic N) is 4. The molecule has 5 rings (SSSR count). The summed E-state index contributed by atoms with van der Waals surface area (Å²) in [6, 6.07) is 6.56. The van der Waals surface area contributed by atoms with Crippen LogP contribution in [0.15, 0.2) is 35.7 Å². The number of nitrogens with two attached hydrogens (primary N) is 1. The van der Waals surface area contributed by atoms with E-state index < -0.39 is 42.4 Å². The van der Waals surface area contributed by atoms with Crippen LogP contribution in [0.5, 0.6) is 5.75 Å². The van der Waals surface area contributed by atoms with Gasteiger partial charge in [0.25, 0.3) is 0 Å². The summed E-state index contributed by atoms with van der Waals surface area (Å²) in [4.78, 5) is 25.2. The number of anilines is 1. The maximum Gasteiger partial charge on any atom is 0.338 e. The summed E-state index contributed by atoms with van der Waals surface area (Å²) in [5.41, 5.74) is 7.35. The van der Waals surface area contributed by atoms with Crippen LogP contribution in [-0.2, 0) is 18.9 Å². The standard InChI is InChI=1S/C27H35N5O8S/c1-14(2)10-37-25(35)15-5-7-17(8-6-15)36-11-16(34)12-41-26-31-19-22(28)29-13-30-23(19)32(26)24-21-20(18(9-33)38-24)39-27(3,4)40-21/h5-8,13-14,16,18,20-21,24,33-34H,9-12H2,1-4H3,(H2,28,29,30)/t16-,18-,20-,21-,24-/m1/s1. The second-order valence-corrected chi connectivity index (χ2v) is 11.8. The number of hydrogen-bond donors (Lipinski definition) is 3. The molecule has 2 saturated heterocycles. The van der Waals surface area contributed by atoms with Crippen molar-refractivity contribution < 1.29 is 38.7 Å². The average Bonchev–Trinajstić information content (AvgIpc) is 3.57. The Morgan fingerprint density at radius 3 is 2.61 bits per heavy atom. The van der Waals surface area contributed by atoms with Crippen LogP contribution in [0.25, 0.3) is 11.2 Å². The van der Waals surface area contributed by atoms with Crippen LogP contribution in [0.4, 0.5) is 5.82 Å². The molecule has 0 bridgehead atoms. The first-order valence-corrected chi connectivity index (χ1v) is 14.4. The molecule has 0 amide bonds. The molecule has 2 aliphatic rings. The number of benzene rings is 1. The zero-order valence-corrected chi connectivity index (χ0v) is 24.1. The first-order chi connectivity index (χ1) is 19.6. The third kappa shape index (κ3) is 6.42. The van der Waals surface area contributed by atoms with Crippen molar-refractivity contribution >= 4 is 34.7 Å². The second-order valence-electron chi connectivity index (χ2n) is 10.8. The van der Waals surface area contributed by atoms with Gasteiger partial charge in [0.05, 0.1) is 24.9 Å². The highest BCUT2D eigenvalue weighted by molar-refractivity contribution is 7.99. The molecule has 5 atom stereocenters. The highest BCUT2D eigenvalue weighted by atomic mass is 32.2. The van der Waals surface area contributed by atoms with Crippen LogP contribution in [0.3, 0.4) is 0 Å². The molecular weight excluding hydrogens is 554 g/mol. The quantitative estimate of drug-likeness (QED) is 0.220. The van der Waals surface area contributed by atoms with Gasteiger partial charge in [-0.2, -0.15) is 0 Å². The summed E-state index contributed by atoms with van der Waals surface area (Å²) in [6.07, 6.45) is -1.86. The van der Waals surface area contributed by atoms with Gasteiger partial charge in [0.15, 0.2) is 34.2 Å². The van der Waals surface area contributed by atoms with E-state index in [4.69, 9.17) is 29.4 Å². The zero-order chi connectivity index (χ0) is 29.3. The largest absolute Gasteiger partial charge is 0.491 e. The van der Waals surface area contributed by atoms with Gasteiger partial charge in [0.1, 0.15) is 37.0 Å². The van der Waals surface area contributed by atoms with Crippen molar-refractivity contribution in [3.63, 3.8) is 0 Å². The Balaban J connectivity index is 1.26. The smallest absolute Gasteiger partial charge is 0.338 e. The number of aliphatic hydroxyl groups is 2. The highest BCUT2D eigenvalue weighted by Crippen LogP contribution is 2.45. The molecule has 0 unspecified atom stereocenters. The van der Waals surface area contributed by atoms with Crippen molar-refractivity contribution in [3.05, 3.63) is 36.2 Å². The molecule has 0 saturated carbocycles. The van der Waals surface area contributed by atoms with Gasteiger partial charge in [0, 0.05) is 5.75 Å². The molecule has 4 N–H and O–H groups in total. The number of ether oxygens (including phenoxy) is 5. The normalized spacial score (nSPS) is 24.1. The third-order valence-electron chi connectivity index (χ3n) is 6.52. The summed E-state index contributed by atoms with van der Waals surface area (Å²) < 4.78 is 31.0. The Hall–Kier alpha value is -3.01. The third-order valence-corrected chi connectivity index (χ3v) is 7.62. The number of thioether (sulfide) groups is 1. The summed E-state index contributed by atoms with van der Waals surface area (Å²) >= 11 is 1.27. The summed E-state index contributed by atoms with van der Waals surface area (Å²) in [7, 11) is 0. The maximum atomic E-state index is 12.1. The van der Waals surface area contributed by atoms with Crippen LogP contribution < -0.4 is 10.5 Å². The minimum atomic E-state index is -0.861. The van der Waals surface area contributed by atoms with Gasteiger partial charge in [-0.1, -0.05) is 25.6 Å². The van der Waals surface area contributed by atoms with Crippen molar-refractivity contribution in [1.29, 1.82) is 0 Å². The average molecular weight is 590 g/mol. The summed E-state index contributed by atoms with van der Waals surface area (Å²) in [6.45, 7) is 7.66. The number of aromatic nitrogens is 4.